The van der Waals surface area contributed by atoms with Crippen molar-refractivity contribution in [2.45, 2.75) is 57.2 Å². The lowest BCUT2D eigenvalue weighted by Gasteiger charge is -2.23. The Labute approximate surface area is 122 Å². The SMILES string of the molecule is CC(=O)CC(C)(C)O.O=C(O)[C@H](O)[C@H](O)[C@@H](O)[C@H](O)CO. The lowest BCUT2D eigenvalue weighted by molar-refractivity contribution is -0.164. The monoisotopic (exact) mass is 312 g/mol. The van der Waals surface area contributed by atoms with Gasteiger partial charge in [0.05, 0.1) is 12.2 Å². The summed E-state index contributed by atoms with van der Waals surface area (Å²) in [5, 5.41) is 60.8. The Bertz CT molecular complexity index is 323. The number of aliphatic hydroxyl groups is 6. The first-order valence-electron chi connectivity index (χ1n) is 6.11. The van der Waals surface area contributed by atoms with Gasteiger partial charge < -0.3 is 35.7 Å². The average molecular weight is 312 g/mol. The first kappa shape index (κ1) is 22.2. The van der Waals surface area contributed by atoms with Gasteiger partial charge in [0.2, 0.25) is 0 Å². The van der Waals surface area contributed by atoms with E-state index in [-0.39, 0.29) is 12.2 Å². The first-order chi connectivity index (χ1) is 9.33. The number of rotatable bonds is 7. The van der Waals surface area contributed by atoms with E-state index in [2.05, 4.69) is 0 Å². The van der Waals surface area contributed by atoms with Crippen LogP contribution >= 0.6 is 0 Å². The third-order valence-electron chi connectivity index (χ3n) is 2.19. The van der Waals surface area contributed by atoms with Crippen LogP contribution in [0.15, 0.2) is 0 Å². The van der Waals surface area contributed by atoms with Crippen LogP contribution in [0, 0.1) is 0 Å². The number of carbonyl (C=O) groups excluding carboxylic acids is 1. The summed E-state index contributed by atoms with van der Waals surface area (Å²) in [5.41, 5.74) is -0.828. The van der Waals surface area contributed by atoms with Crippen molar-refractivity contribution < 1.29 is 45.3 Å². The molecule has 0 heterocycles. The normalized spacial score (nSPS) is 17.0. The fraction of sp³-hybridized carbons (Fsp3) is 0.833. The molecule has 0 aliphatic rings. The molecular formula is C12H24O9. The van der Waals surface area contributed by atoms with E-state index in [0.717, 1.165) is 0 Å². The Kier molecular flexibility index (Phi) is 10.3. The van der Waals surface area contributed by atoms with Gasteiger partial charge in [0, 0.05) is 6.42 Å². The zero-order valence-electron chi connectivity index (χ0n) is 12.2. The summed E-state index contributed by atoms with van der Waals surface area (Å²) in [7, 11) is 0. The Hall–Kier alpha value is -1.10. The topological polar surface area (TPSA) is 176 Å². The number of aliphatic hydroxyl groups excluding tert-OH is 5. The Morgan fingerprint density at radius 3 is 1.67 bits per heavy atom. The number of hydrogen-bond acceptors (Lipinski definition) is 8. The molecule has 0 aliphatic heterocycles. The maximum Gasteiger partial charge on any atom is 0.335 e. The molecule has 126 valence electrons. The number of carbonyl (C=O) groups is 2. The Morgan fingerprint density at radius 1 is 1.05 bits per heavy atom. The number of carboxylic acids is 1. The van der Waals surface area contributed by atoms with Crippen LogP contribution in [0.2, 0.25) is 0 Å². The number of hydrogen-bond donors (Lipinski definition) is 7. The highest BCUT2D eigenvalue weighted by Gasteiger charge is 2.33. The average Bonchev–Trinajstić information content (AvgIpc) is 2.32. The molecule has 0 radical (unpaired) electrons. The van der Waals surface area contributed by atoms with Crippen molar-refractivity contribution in [3.05, 3.63) is 0 Å². The minimum Gasteiger partial charge on any atom is -0.479 e. The number of carboxylic acid groups (broad SMARTS) is 1. The van der Waals surface area contributed by atoms with Crippen molar-refractivity contribution in [3.8, 4) is 0 Å². The van der Waals surface area contributed by atoms with E-state index < -0.39 is 42.6 Å². The fourth-order valence-corrected chi connectivity index (χ4v) is 1.28. The van der Waals surface area contributed by atoms with E-state index >= 15 is 0 Å². The van der Waals surface area contributed by atoms with Gasteiger partial charge in [-0.15, -0.1) is 0 Å². The summed E-state index contributed by atoms with van der Waals surface area (Å²) < 4.78 is 0. The molecule has 0 fully saturated rings. The molecule has 0 aromatic heterocycles. The van der Waals surface area contributed by atoms with Gasteiger partial charge in [-0.2, -0.15) is 0 Å². The van der Waals surface area contributed by atoms with Gasteiger partial charge in [0.1, 0.15) is 24.1 Å². The second-order valence-electron chi connectivity index (χ2n) is 5.21. The minimum absolute atomic E-state index is 0.0255. The smallest absolute Gasteiger partial charge is 0.335 e. The molecule has 9 nitrogen and oxygen atoms in total. The van der Waals surface area contributed by atoms with E-state index in [1.54, 1.807) is 13.8 Å². The summed E-state index contributed by atoms with van der Waals surface area (Å²) in [6.45, 7) is 3.87. The molecule has 0 rings (SSSR count). The number of ketones is 1. The quantitative estimate of drug-likeness (QED) is 0.262. The standard InChI is InChI=1S/C6H12O7.C6H12O2/c7-1-2(8)3(9)4(10)5(11)6(12)13;1-5(7)4-6(2,3)8/h2-5,7-11H,1H2,(H,12,13);8H,4H2,1-3H3/t2-,3+,4-,5-;/m1./s1. The van der Waals surface area contributed by atoms with Crippen LogP contribution in [-0.2, 0) is 9.59 Å². The summed E-state index contributed by atoms with van der Waals surface area (Å²) in [6.07, 6.45) is -7.59. The second kappa shape index (κ2) is 9.77. The summed E-state index contributed by atoms with van der Waals surface area (Å²) in [5.74, 6) is -1.70. The molecule has 0 aromatic carbocycles. The van der Waals surface area contributed by atoms with E-state index in [4.69, 9.17) is 35.7 Å². The van der Waals surface area contributed by atoms with Crippen molar-refractivity contribution >= 4 is 11.8 Å². The van der Waals surface area contributed by atoms with E-state index in [1.165, 1.54) is 6.92 Å². The van der Waals surface area contributed by atoms with E-state index in [0.29, 0.717) is 0 Å². The van der Waals surface area contributed by atoms with Gasteiger partial charge in [0.15, 0.2) is 6.10 Å². The molecule has 4 atom stereocenters. The highest BCUT2D eigenvalue weighted by molar-refractivity contribution is 5.76. The van der Waals surface area contributed by atoms with Gasteiger partial charge in [0.25, 0.3) is 0 Å². The third-order valence-corrected chi connectivity index (χ3v) is 2.19. The molecule has 21 heavy (non-hydrogen) atoms. The zero-order valence-corrected chi connectivity index (χ0v) is 12.2. The van der Waals surface area contributed by atoms with Crippen molar-refractivity contribution in [1.82, 2.24) is 0 Å². The summed E-state index contributed by atoms with van der Waals surface area (Å²) in [6, 6.07) is 0. The van der Waals surface area contributed by atoms with Crippen molar-refractivity contribution in [2.24, 2.45) is 0 Å². The van der Waals surface area contributed by atoms with Crippen LogP contribution in [-0.4, -0.2) is 84.1 Å². The molecular weight excluding hydrogens is 288 g/mol. The van der Waals surface area contributed by atoms with Crippen LogP contribution in [0.1, 0.15) is 27.2 Å². The molecule has 0 bridgehead atoms. The summed E-state index contributed by atoms with van der Waals surface area (Å²) >= 11 is 0. The lowest BCUT2D eigenvalue weighted by atomic mass is 10.0. The maximum absolute atomic E-state index is 10.3. The molecule has 7 N–H and O–H groups in total. The molecule has 0 unspecified atom stereocenters. The van der Waals surface area contributed by atoms with Crippen LogP contribution in [0.4, 0.5) is 0 Å². The molecule has 0 saturated carbocycles. The van der Waals surface area contributed by atoms with Gasteiger partial charge >= 0.3 is 5.97 Å². The van der Waals surface area contributed by atoms with Gasteiger partial charge in [-0.1, -0.05) is 0 Å². The molecule has 0 aromatic rings. The van der Waals surface area contributed by atoms with Gasteiger partial charge in [-0.25, -0.2) is 4.79 Å². The van der Waals surface area contributed by atoms with Crippen LogP contribution in [0.25, 0.3) is 0 Å². The van der Waals surface area contributed by atoms with Crippen LogP contribution < -0.4 is 0 Å². The Balaban J connectivity index is 0. The van der Waals surface area contributed by atoms with Crippen LogP contribution in [0.5, 0.6) is 0 Å². The molecule has 0 spiro atoms. The first-order valence-corrected chi connectivity index (χ1v) is 6.11. The van der Waals surface area contributed by atoms with Crippen molar-refractivity contribution in [3.63, 3.8) is 0 Å². The highest BCUT2D eigenvalue weighted by atomic mass is 16.4. The van der Waals surface area contributed by atoms with E-state index in [9.17, 15) is 9.59 Å². The molecule has 9 heteroatoms. The highest BCUT2D eigenvalue weighted by Crippen LogP contribution is 2.06. The zero-order chi connectivity index (χ0) is 17.4. The number of aliphatic carboxylic acids is 1. The molecule has 0 saturated heterocycles. The third kappa shape index (κ3) is 11.3. The predicted molar refractivity (Wildman–Crippen MR) is 70.3 cm³/mol. The second-order valence-corrected chi connectivity index (χ2v) is 5.21. The van der Waals surface area contributed by atoms with Gasteiger partial charge in [-0.05, 0) is 20.8 Å². The van der Waals surface area contributed by atoms with Crippen LogP contribution in [0.3, 0.4) is 0 Å². The Morgan fingerprint density at radius 2 is 1.48 bits per heavy atom. The lowest BCUT2D eigenvalue weighted by Crippen LogP contribution is -2.48. The largest absolute Gasteiger partial charge is 0.479 e. The van der Waals surface area contributed by atoms with E-state index in [1.807, 2.05) is 0 Å². The van der Waals surface area contributed by atoms with Gasteiger partial charge in [-0.3, -0.25) is 4.79 Å². The minimum atomic E-state index is -2.20. The van der Waals surface area contributed by atoms with Crippen molar-refractivity contribution in [2.75, 3.05) is 6.61 Å². The molecule has 0 aliphatic carbocycles. The number of Topliss-reactive ketones (excluding diaryl/α,β-unsaturated/α-hetero) is 1. The van der Waals surface area contributed by atoms with Crippen molar-refractivity contribution in [1.29, 1.82) is 0 Å². The fourth-order valence-electron chi connectivity index (χ4n) is 1.28. The summed E-state index contributed by atoms with van der Waals surface area (Å²) in [4.78, 5) is 20.4. The maximum atomic E-state index is 10.3. The molecule has 0 amide bonds. The predicted octanol–water partition coefficient (Wildman–Crippen LogP) is -2.76.